The average Bonchev–Trinajstić information content (AvgIpc) is 3.40. The molecule has 0 saturated carbocycles. The minimum absolute atomic E-state index is 0.0113. The highest BCUT2D eigenvalue weighted by Gasteiger charge is 2.41. The molecule has 0 unspecified atom stereocenters. The van der Waals surface area contributed by atoms with Crippen molar-refractivity contribution in [2.24, 2.45) is 0 Å². The largest absolute Gasteiger partial charge is 0.352 e. The van der Waals surface area contributed by atoms with E-state index in [1.54, 1.807) is 6.20 Å². The zero-order valence-electron chi connectivity index (χ0n) is 16.3. The second-order valence-corrected chi connectivity index (χ2v) is 7.64. The Morgan fingerprint density at radius 1 is 0.900 bits per heavy atom. The quantitative estimate of drug-likeness (QED) is 0.492. The lowest BCUT2D eigenvalue weighted by Crippen LogP contribution is -2.30. The molecule has 0 spiro atoms. The summed E-state index contributed by atoms with van der Waals surface area (Å²) in [6, 6.07) is 24.6. The minimum Gasteiger partial charge on any atom is -0.352 e. The van der Waals surface area contributed by atoms with Gasteiger partial charge in [-0.1, -0.05) is 36.4 Å². The predicted molar refractivity (Wildman–Crippen MR) is 121 cm³/mol. The first-order valence-corrected chi connectivity index (χ1v) is 10.3. The molecular weight excluding hydrogens is 390 g/mol. The number of nitrogens with one attached hydrogen (secondary N) is 1. The first-order chi connectivity index (χ1) is 14.8. The standard InChI is InChI=1S/C24H21N5S/c30-24-27-22(20-11-4-5-14-26-20)23(29(24)17-18-8-2-1-3-9-18)21-12-7-15-28(21)19-10-6-13-25-16-19/h1-16,22-23H,17H2,(H,27,30)/t22-,23+/m1/s1. The molecule has 1 aromatic carbocycles. The fraction of sp³-hybridized carbons (Fsp3) is 0.125. The topological polar surface area (TPSA) is 46.0 Å². The van der Waals surface area contributed by atoms with Gasteiger partial charge in [-0.15, -0.1) is 0 Å². The Balaban J connectivity index is 1.60. The summed E-state index contributed by atoms with van der Waals surface area (Å²) in [7, 11) is 0. The Kier molecular flexibility index (Phi) is 4.99. The molecule has 5 rings (SSSR count). The SMILES string of the molecule is S=C1N[C@H](c2ccccn2)[C@H](c2cccn2-c2cccnc2)N1Cc1ccccc1. The van der Waals surface area contributed by atoms with Crippen LogP contribution >= 0.6 is 12.2 Å². The van der Waals surface area contributed by atoms with E-state index in [9.17, 15) is 0 Å². The summed E-state index contributed by atoms with van der Waals surface area (Å²) in [5.74, 6) is 0. The molecule has 1 N–H and O–H groups in total. The smallest absolute Gasteiger partial charge is 0.170 e. The zero-order valence-corrected chi connectivity index (χ0v) is 17.1. The Morgan fingerprint density at radius 3 is 2.53 bits per heavy atom. The molecule has 4 heterocycles. The summed E-state index contributed by atoms with van der Waals surface area (Å²) in [4.78, 5) is 11.2. The summed E-state index contributed by atoms with van der Waals surface area (Å²) in [6.45, 7) is 0.721. The summed E-state index contributed by atoms with van der Waals surface area (Å²) < 4.78 is 2.18. The van der Waals surface area contributed by atoms with Gasteiger partial charge in [-0.2, -0.15) is 0 Å². The second kappa shape index (κ2) is 8.08. The third-order valence-corrected chi connectivity index (χ3v) is 5.75. The molecule has 148 valence electrons. The number of pyridine rings is 2. The summed E-state index contributed by atoms with van der Waals surface area (Å²) in [5.41, 5.74) is 4.35. The van der Waals surface area contributed by atoms with Gasteiger partial charge >= 0.3 is 0 Å². The van der Waals surface area contributed by atoms with Gasteiger partial charge in [0, 0.05) is 30.8 Å². The van der Waals surface area contributed by atoms with Gasteiger partial charge in [0.1, 0.15) is 0 Å². The zero-order chi connectivity index (χ0) is 20.3. The van der Waals surface area contributed by atoms with Gasteiger partial charge in [-0.05, 0) is 54.2 Å². The lowest BCUT2D eigenvalue weighted by Gasteiger charge is -2.29. The molecule has 1 fully saturated rings. The first kappa shape index (κ1) is 18.5. The van der Waals surface area contributed by atoms with Crippen molar-refractivity contribution in [2.75, 3.05) is 0 Å². The van der Waals surface area contributed by atoms with Crippen LogP contribution in [0.4, 0.5) is 0 Å². The highest BCUT2D eigenvalue weighted by Crippen LogP contribution is 2.40. The van der Waals surface area contributed by atoms with E-state index in [1.165, 1.54) is 5.56 Å². The van der Waals surface area contributed by atoms with Crippen molar-refractivity contribution in [3.05, 3.63) is 115 Å². The number of benzene rings is 1. The molecule has 1 aliphatic heterocycles. The molecule has 30 heavy (non-hydrogen) atoms. The van der Waals surface area contributed by atoms with Crippen molar-refractivity contribution < 1.29 is 0 Å². The van der Waals surface area contributed by atoms with Crippen molar-refractivity contribution >= 4 is 17.3 Å². The van der Waals surface area contributed by atoms with E-state index in [-0.39, 0.29) is 12.1 Å². The number of thiocarbonyl (C=S) groups is 1. The number of hydrogen-bond acceptors (Lipinski definition) is 3. The average molecular weight is 412 g/mol. The van der Waals surface area contributed by atoms with Gasteiger partial charge in [0.2, 0.25) is 0 Å². The first-order valence-electron chi connectivity index (χ1n) is 9.91. The summed E-state index contributed by atoms with van der Waals surface area (Å²) >= 11 is 5.79. The van der Waals surface area contributed by atoms with Crippen molar-refractivity contribution in [3.63, 3.8) is 0 Å². The van der Waals surface area contributed by atoms with Gasteiger partial charge < -0.3 is 14.8 Å². The fourth-order valence-corrected chi connectivity index (χ4v) is 4.35. The molecule has 5 nitrogen and oxygen atoms in total. The maximum absolute atomic E-state index is 5.79. The monoisotopic (exact) mass is 411 g/mol. The van der Waals surface area contributed by atoms with E-state index >= 15 is 0 Å². The number of nitrogens with zero attached hydrogens (tertiary/aromatic N) is 4. The molecular formula is C24H21N5S. The molecule has 1 aliphatic rings. The fourth-order valence-electron chi connectivity index (χ4n) is 4.04. The van der Waals surface area contributed by atoms with Gasteiger partial charge in [0.05, 0.1) is 29.7 Å². The summed E-state index contributed by atoms with van der Waals surface area (Å²) in [5, 5.41) is 4.26. The number of rotatable bonds is 5. The third kappa shape index (κ3) is 3.46. The van der Waals surface area contributed by atoms with Crippen LogP contribution in [0.15, 0.2) is 97.6 Å². The third-order valence-electron chi connectivity index (χ3n) is 5.40. The van der Waals surface area contributed by atoms with Gasteiger partial charge in [-0.25, -0.2) is 0 Å². The lowest BCUT2D eigenvalue weighted by molar-refractivity contribution is 0.302. The minimum atomic E-state index is -0.0484. The van der Waals surface area contributed by atoms with Crippen LogP contribution in [-0.4, -0.2) is 24.5 Å². The van der Waals surface area contributed by atoms with Crippen LogP contribution < -0.4 is 5.32 Å². The van der Waals surface area contributed by atoms with E-state index in [0.29, 0.717) is 0 Å². The maximum atomic E-state index is 5.79. The van der Waals surface area contributed by atoms with E-state index in [4.69, 9.17) is 12.2 Å². The number of aromatic nitrogens is 3. The van der Waals surface area contributed by atoms with Crippen molar-refractivity contribution in [1.29, 1.82) is 0 Å². The van der Waals surface area contributed by atoms with Gasteiger partial charge in [-0.3, -0.25) is 9.97 Å². The Bertz CT molecular complexity index is 1130. The molecule has 2 atom stereocenters. The van der Waals surface area contributed by atoms with Crippen LogP contribution in [0.3, 0.4) is 0 Å². The predicted octanol–water partition coefficient (Wildman–Crippen LogP) is 4.44. The Labute approximate surface area is 181 Å². The van der Waals surface area contributed by atoms with Crippen LogP contribution in [0, 0.1) is 0 Å². The molecule has 4 aromatic rings. The lowest BCUT2D eigenvalue weighted by atomic mass is 10.0. The van der Waals surface area contributed by atoms with E-state index in [2.05, 4.69) is 79.5 Å². The van der Waals surface area contributed by atoms with Crippen LogP contribution in [0.2, 0.25) is 0 Å². The van der Waals surface area contributed by atoms with E-state index < -0.39 is 0 Å². The Morgan fingerprint density at radius 2 is 1.77 bits per heavy atom. The van der Waals surface area contributed by atoms with Crippen LogP contribution in [0.1, 0.15) is 29.0 Å². The van der Waals surface area contributed by atoms with Gasteiger partial charge in [0.25, 0.3) is 0 Å². The van der Waals surface area contributed by atoms with Crippen molar-refractivity contribution in [3.8, 4) is 5.69 Å². The van der Waals surface area contributed by atoms with Crippen molar-refractivity contribution in [2.45, 2.75) is 18.6 Å². The summed E-state index contributed by atoms with van der Waals surface area (Å²) in [6.07, 6.45) is 7.57. The van der Waals surface area contributed by atoms with Crippen LogP contribution in [-0.2, 0) is 6.54 Å². The molecule has 0 amide bonds. The molecule has 3 aromatic heterocycles. The van der Waals surface area contributed by atoms with Gasteiger partial charge in [0.15, 0.2) is 5.11 Å². The van der Waals surface area contributed by atoms with E-state index in [1.807, 2.05) is 36.7 Å². The van der Waals surface area contributed by atoms with Crippen LogP contribution in [0.5, 0.6) is 0 Å². The molecule has 1 saturated heterocycles. The normalized spacial score (nSPS) is 18.4. The highest BCUT2D eigenvalue weighted by atomic mass is 32.1. The number of hydrogen-bond donors (Lipinski definition) is 1. The van der Waals surface area contributed by atoms with Crippen LogP contribution in [0.25, 0.3) is 5.69 Å². The maximum Gasteiger partial charge on any atom is 0.170 e. The molecule has 6 heteroatoms. The molecule has 0 bridgehead atoms. The Hall–Kier alpha value is -3.51. The molecule has 0 aliphatic carbocycles. The van der Waals surface area contributed by atoms with Crippen molar-refractivity contribution in [1.82, 2.24) is 24.8 Å². The molecule has 0 radical (unpaired) electrons. The highest BCUT2D eigenvalue weighted by molar-refractivity contribution is 7.80. The van der Waals surface area contributed by atoms with E-state index in [0.717, 1.165) is 28.7 Å². The second-order valence-electron chi connectivity index (χ2n) is 7.25.